The second-order valence-electron chi connectivity index (χ2n) is 7.05. The molecule has 4 aromatic rings. The van der Waals surface area contributed by atoms with Gasteiger partial charge >= 0.3 is 5.69 Å². The Kier molecular flexibility index (Phi) is 5.83. The topological polar surface area (TPSA) is 135 Å². The zero-order valence-electron chi connectivity index (χ0n) is 17.4. The summed E-state index contributed by atoms with van der Waals surface area (Å²) in [5.74, 6) is -0.960. The standard InChI is InChI=1S/C23H17N7O3/c1-15-3-2-4-17(13-15)27-22(32)16-5-7-18(8-6-16)29-20-14-25-11-9-19(20)30(23(29)33)21(31)10-12-26-28-24/h2-14H,1H3,(H,27,32). The molecular weight excluding hydrogens is 422 g/mol. The van der Waals surface area contributed by atoms with E-state index in [9.17, 15) is 14.4 Å². The molecule has 0 aliphatic rings. The van der Waals surface area contributed by atoms with Crippen LogP contribution < -0.4 is 11.0 Å². The number of pyridine rings is 1. The summed E-state index contributed by atoms with van der Waals surface area (Å²) in [6.45, 7) is 1.94. The highest BCUT2D eigenvalue weighted by Crippen LogP contribution is 2.18. The smallest absolute Gasteiger partial charge is 0.322 e. The van der Waals surface area contributed by atoms with E-state index in [1.807, 2.05) is 25.1 Å². The van der Waals surface area contributed by atoms with E-state index in [1.165, 1.54) is 23.0 Å². The third kappa shape index (κ3) is 4.27. The molecule has 0 bridgehead atoms. The molecule has 0 aliphatic carbocycles. The minimum absolute atomic E-state index is 0.290. The van der Waals surface area contributed by atoms with Crippen LogP contribution in [0.5, 0.6) is 0 Å². The molecule has 0 fully saturated rings. The van der Waals surface area contributed by atoms with Crippen molar-refractivity contribution < 1.29 is 9.59 Å². The van der Waals surface area contributed by atoms with Gasteiger partial charge in [0, 0.05) is 34.6 Å². The molecule has 10 nitrogen and oxygen atoms in total. The van der Waals surface area contributed by atoms with E-state index in [4.69, 9.17) is 5.53 Å². The van der Waals surface area contributed by atoms with Gasteiger partial charge in [0.1, 0.15) is 0 Å². The zero-order chi connectivity index (χ0) is 23.4. The van der Waals surface area contributed by atoms with Crippen LogP contribution in [0.4, 0.5) is 5.69 Å². The summed E-state index contributed by atoms with van der Waals surface area (Å²) in [6.07, 6.45) is 4.91. The van der Waals surface area contributed by atoms with Gasteiger partial charge in [-0.05, 0) is 60.5 Å². The van der Waals surface area contributed by atoms with Crippen molar-refractivity contribution in [2.45, 2.75) is 6.92 Å². The Balaban J connectivity index is 1.70. The van der Waals surface area contributed by atoms with Gasteiger partial charge in [0.2, 0.25) is 0 Å². The van der Waals surface area contributed by atoms with Gasteiger partial charge in [-0.2, -0.15) is 0 Å². The number of fused-ring (bicyclic) bond motifs is 1. The summed E-state index contributed by atoms with van der Waals surface area (Å²) in [6, 6.07) is 15.4. The van der Waals surface area contributed by atoms with Gasteiger partial charge in [-0.15, -0.1) is 0 Å². The molecule has 0 saturated heterocycles. The fourth-order valence-corrected chi connectivity index (χ4v) is 3.40. The van der Waals surface area contributed by atoms with Crippen molar-refractivity contribution in [2.24, 2.45) is 5.11 Å². The first-order valence-electron chi connectivity index (χ1n) is 9.80. The number of azide groups is 1. The molecule has 0 atom stereocenters. The number of nitrogens with zero attached hydrogens (tertiary/aromatic N) is 6. The number of benzene rings is 2. The predicted octanol–water partition coefficient (Wildman–Crippen LogP) is 4.21. The van der Waals surface area contributed by atoms with Gasteiger partial charge in [-0.1, -0.05) is 17.2 Å². The fourth-order valence-electron chi connectivity index (χ4n) is 3.40. The molecule has 1 amide bonds. The SMILES string of the molecule is Cc1cccc(NC(=O)c2ccc(-n3c(=O)n(C(=O)C=CN=[N+]=[N-])c4ccncc43)cc2)c1. The molecule has 4 rings (SSSR count). The number of allylic oxidation sites excluding steroid dienone is 1. The lowest BCUT2D eigenvalue weighted by molar-refractivity contribution is 0.0968. The highest BCUT2D eigenvalue weighted by atomic mass is 16.2. The number of hydrogen-bond acceptors (Lipinski definition) is 5. The van der Waals surface area contributed by atoms with Gasteiger partial charge in [-0.3, -0.25) is 19.1 Å². The van der Waals surface area contributed by atoms with E-state index in [-0.39, 0.29) is 5.91 Å². The summed E-state index contributed by atoms with van der Waals surface area (Å²) >= 11 is 0. The third-order valence-electron chi connectivity index (χ3n) is 4.86. The Morgan fingerprint density at radius 2 is 1.91 bits per heavy atom. The molecule has 2 aromatic carbocycles. The van der Waals surface area contributed by atoms with Gasteiger partial charge in [0.15, 0.2) is 0 Å². The van der Waals surface area contributed by atoms with Crippen molar-refractivity contribution in [1.29, 1.82) is 0 Å². The van der Waals surface area contributed by atoms with E-state index in [0.29, 0.717) is 28.0 Å². The largest absolute Gasteiger partial charge is 0.340 e. The number of anilines is 1. The molecule has 0 spiro atoms. The van der Waals surface area contributed by atoms with Crippen LogP contribution >= 0.6 is 0 Å². The Bertz CT molecular complexity index is 1510. The minimum atomic E-state index is -0.670. The average molecular weight is 439 g/mol. The van der Waals surface area contributed by atoms with Crippen molar-refractivity contribution in [3.8, 4) is 5.69 Å². The van der Waals surface area contributed by atoms with Crippen molar-refractivity contribution in [3.05, 3.63) is 111 Å². The highest BCUT2D eigenvalue weighted by molar-refractivity contribution is 6.04. The molecule has 2 heterocycles. The number of aromatic nitrogens is 3. The van der Waals surface area contributed by atoms with E-state index < -0.39 is 11.6 Å². The predicted molar refractivity (Wildman–Crippen MR) is 123 cm³/mol. The highest BCUT2D eigenvalue weighted by Gasteiger charge is 2.18. The quantitative estimate of drug-likeness (QED) is 0.216. The first kappa shape index (κ1) is 21.3. The van der Waals surface area contributed by atoms with E-state index in [1.54, 1.807) is 30.3 Å². The molecule has 33 heavy (non-hydrogen) atoms. The normalized spacial score (nSPS) is 10.8. The molecule has 0 saturated carbocycles. The summed E-state index contributed by atoms with van der Waals surface area (Å²) in [5, 5.41) is 6.01. The Morgan fingerprint density at radius 3 is 2.64 bits per heavy atom. The lowest BCUT2D eigenvalue weighted by atomic mass is 10.1. The number of hydrogen-bond donors (Lipinski definition) is 1. The monoisotopic (exact) mass is 439 g/mol. The number of carbonyl (C=O) groups excluding carboxylic acids is 2. The Hall–Kier alpha value is -4.95. The van der Waals surface area contributed by atoms with E-state index in [2.05, 4.69) is 20.3 Å². The number of nitrogens with one attached hydrogen (secondary N) is 1. The Morgan fingerprint density at radius 1 is 1.12 bits per heavy atom. The second-order valence-corrected chi connectivity index (χ2v) is 7.05. The summed E-state index contributed by atoms with van der Waals surface area (Å²) in [7, 11) is 0. The van der Waals surface area contributed by atoms with Crippen LogP contribution in [0, 0.1) is 6.92 Å². The van der Waals surface area contributed by atoms with Gasteiger partial charge < -0.3 is 5.32 Å². The summed E-state index contributed by atoms with van der Waals surface area (Å²) in [5.41, 5.74) is 11.1. The molecule has 0 aliphatic heterocycles. The number of rotatable bonds is 5. The van der Waals surface area contributed by atoms with Crippen molar-refractivity contribution in [2.75, 3.05) is 5.32 Å². The molecule has 0 radical (unpaired) electrons. The summed E-state index contributed by atoms with van der Waals surface area (Å²) < 4.78 is 2.28. The summed E-state index contributed by atoms with van der Waals surface area (Å²) in [4.78, 5) is 44.8. The van der Waals surface area contributed by atoms with Crippen molar-refractivity contribution >= 4 is 28.5 Å². The maximum absolute atomic E-state index is 13.1. The lowest BCUT2D eigenvalue weighted by Gasteiger charge is -2.08. The number of aryl methyl sites for hydroxylation is 1. The first-order chi connectivity index (χ1) is 16.0. The maximum atomic E-state index is 13.1. The lowest BCUT2D eigenvalue weighted by Crippen LogP contribution is -2.27. The van der Waals surface area contributed by atoms with Crippen LogP contribution in [0.3, 0.4) is 0 Å². The molecule has 10 heteroatoms. The average Bonchev–Trinajstić information content (AvgIpc) is 3.11. The first-order valence-corrected chi connectivity index (χ1v) is 9.80. The van der Waals surface area contributed by atoms with E-state index >= 15 is 0 Å². The van der Waals surface area contributed by atoms with Crippen LogP contribution in [0.15, 0.2) is 89.2 Å². The maximum Gasteiger partial charge on any atom is 0.340 e. The number of amides is 1. The molecule has 2 aromatic heterocycles. The number of carbonyl (C=O) groups is 2. The van der Waals surface area contributed by atoms with E-state index in [0.717, 1.165) is 22.4 Å². The zero-order valence-corrected chi connectivity index (χ0v) is 17.4. The number of imidazole rings is 1. The van der Waals surface area contributed by atoms with Crippen LogP contribution in [-0.2, 0) is 0 Å². The third-order valence-corrected chi connectivity index (χ3v) is 4.86. The fraction of sp³-hybridized carbons (Fsp3) is 0.0435. The second kappa shape index (κ2) is 9.04. The molecule has 0 unspecified atom stereocenters. The Labute approximate surface area is 187 Å². The minimum Gasteiger partial charge on any atom is -0.322 e. The van der Waals surface area contributed by atoms with Crippen LogP contribution in [0.1, 0.15) is 20.7 Å². The van der Waals surface area contributed by atoms with Crippen molar-refractivity contribution in [3.63, 3.8) is 0 Å². The van der Waals surface area contributed by atoms with Gasteiger partial charge in [0.25, 0.3) is 11.8 Å². The van der Waals surface area contributed by atoms with Crippen LogP contribution in [-0.4, -0.2) is 25.9 Å². The molecule has 1 N–H and O–H groups in total. The van der Waals surface area contributed by atoms with Crippen LogP contribution in [0.2, 0.25) is 0 Å². The van der Waals surface area contributed by atoms with Crippen LogP contribution in [0.25, 0.3) is 27.2 Å². The molecular formula is C23H17N7O3. The van der Waals surface area contributed by atoms with Gasteiger partial charge in [0.05, 0.1) is 22.9 Å². The van der Waals surface area contributed by atoms with Crippen molar-refractivity contribution in [1.82, 2.24) is 14.1 Å². The van der Waals surface area contributed by atoms with Gasteiger partial charge in [-0.25, -0.2) is 9.36 Å². The molecule has 162 valence electrons.